The zero-order valence-electron chi connectivity index (χ0n) is 15.9. The van der Waals surface area contributed by atoms with Crippen LogP contribution in [0.15, 0.2) is 24.3 Å². The van der Waals surface area contributed by atoms with E-state index in [0.29, 0.717) is 19.5 Å². The molecule has 1 aliphatic rings. The summed E-state index contributed by atoms with van der Waals surface area (Å²) in [4.78, 5) is 31.1. The quantitative estimate of drug-likeness (QED) is 0.803. The largest absolute Gasteiger partial charge is 0.375 e. The second kappa shape index (κ2) is 9.50. The van der Waals surface area contributed by atoms with E-state index in [2.05, 4.69) is 10.3 Å². The Morgan fingerprint density at radius 3 is 2.63 bits per heavy atom. The lowest BCUT2D eigenvalue weighted by Gasteiger charge is -2.21. The van der Waals surface area contributed by atoms with E-state index in [-0.39, 0.29) is 18.4 Å². The van der Waals surface area contributed by atoms with E-state index in [1.165, 1.54) is 20.0 Å². The van der Waals surface area contributed by atoms with Crippen LogP contribution in [-0.4, -0.2) is 59.6 Å². The number of methoxy groups -OCH3 is 1. The normalized spacial score (nSPS) is 14.9. The Hall–Kier alpha value is -2.41. The second-order valence-corrected chi connectivity index (χ2v) is 6.93. The molecule has 1 aliphatic heterocycles. The predicted octanol–water partition coefficient (Wildman–Crippen LogP) is 1.74. The first-order valence-electron chi connectivity index (χ1n) is 9.66. The number of imidazole rings is 1. The summed E-state index contributed by atoms with van der Waals surface area (Å²) in [6.07, 6.45) is 5.12. The molecular formula is C20H28N4O3. The van der Waals surface area contributed by atoms with Crippen LogP contribution in [0.25, 0.3) is 11.0 Å². The Balaban J connectivity index is 1.73. The number of hydrogen-bond donors (Lipinski definition) is 1. The van der Waals surface area contributed by atoms with E-state index in [4.69, 9.17) is 4.74 Å². The number of hydrogen-bond acceptors (Lipinski definition) is 4. The van der Waals surface area contributed by atoms with Crippen molar-refractivity contribution < 1.29 is 14.3 Å². The molecule has 146 valence electrons. The molecule has 0 radical (unpaired) electrons. The summed E-state index contributed by atoms with van der Waals surface area (Å²) in [6, 6.07) is 7.85. The molecule has 1 fully saturated rings. The minimum absolute atomic E-state index is 0.0455. The number of carbonyl (C=O) groups is 2. The van der Waals surface area contributed by atoms with Gasteiger partial charge in [-0.25, -0.2) is 4.98 Å². The molecule has 0 aliphatic carbocycles. The SMILES string of the molecule is COCC(=O)NCCc1nc2ccccc2n1CC(=O)N1CCCCCC1. The zero-order chi connectivity index (χ0) is 19.1. The lowest BCUT2D eigenvalue weighted by atomic mass is 10.2. The molecule has 1 aromatic heterocycles. The maximum absolute atomic E-state index is 12.9. The van der Waals surface area contributed by atoms with Crippen LogP contribution in [-0.2, 0) is 27.3 Å². The predicted molar refractivity (Wildman–Crippen MR) is 103 cm³/mol. The molecule has 0 unspecified atom stereocenters. The number of ether oxygens (including phenoxy) is 1. The van der Waals surface area contributed by atoms with Crippen molar-refractivity contribution in [1.29, 1.82) is 0 Å². The first-order chi connectivity index (χ1) is 13.2. The third kappa shape index (κ3) is 5.07. The van der Waals surface area contributed by atoms with Crippen LogP contribution in [0.1, 0.15) is 31.5 Å². The number of likely N-dealkylation sites (tertiary alicyclic amines) is 1. The number of para-hydroxylation sites is 2. The van der Waals surface area contributed by atoms with Crippen molar-refractivity contribution in [3.05, 3.63) is 30.1 Å². The topological polar surface area (TPSA) is 76.5 Å². The monoisotopic (exact) mass is 372 g/mol. The van der Waals surface area contributed by atoms with Gasteiger partial charge in [0.1, 0.15) is 19.0 Å². The van der Waals surface area contributed by atoms with Gasteiger partial charge >= 0.3 is 0 Å². The third-order valence-electron chi connectivity index (χ3n) is 4.93. The van der Waals surface area contributed by atoms with Gasteiger partial charge in [-0.05, 0) is 25.0 Å². The summed E-state index contributed by atoms with van der Waals surface area (Å²) in [5.41, 5.74) is 1.83. The fraction of sp³-hybridized carbons (Fsp3) is 0.550. The molecule has 2 heterocycles. The minimum atomic E-state index is -0.152. The molecule has 0 spiro atoms. The van der Waals surface area contributed by atoms with E-state index in [1.54, 1.807) is 0 Å². The highest BCUT2D eigenvalue weighted by atomic mass is 16.5. The lowest BCUT2D eigenvalue weighted by Crippen LogP contribution is -2.35. The number of nitrogens with one attached hydrogen (secondary N) is 1. The number of fused-ring (bicyclic) bond motifs is 1. The Kier molecular flexibility index (Phi) is 6.81. The Bertz CT molecular complexity index is 779. The highest BCUT2D eigenvalue weighted by molar-refractivity contribution is 5.81. The smallest absolute Gasteiger partial charge is 0.245 e. The molecule has 7 nitrogen and oxygen atoms in total. The maximum Gasteiger partial charge on any atom is 0.245 e. The molecular weight excluding hydrogens is 344 g/mol. The molecule has 1 saturated heterocycles. The summed E-state index contributed by atoms with van der Waals surface area (Å²) < 4.78 is 6.82. The molecule has 0 saturated carbocycles. The lowest BCUT2D eigenvalue weighted by molar-refractivity contribution is -0.131. The van der Waals surface area contributed by atoms with Crippen molar-refractivity contribution in [2.75, 3.05) is 33.4 Å². The van der Waals surface area contributed by atoms with Crippen molar-refractivity contribution in [3.63, 3.8) is 0 Å². The number of amides is 2. The number of benzene rings is 1. The molecule has 2 aromatic rings. The van der Waals surface area contributed by atoms with Gasteiger partial charge in [0.15, 0.2) is 0 Å². The van der Waals surface area contributed by atoms with E-state index in [1.807, 2.05) is 33.7 Å². The minimum Gasteiger partial charge on any atom is -0.375 e. The molecule has 7 heteroatoms. The van der Waals surface area contributed by atoms with Crippen molar-refractivity contribution in [1.82, 2.24) is 19.8 Å². The highest BCUT2D eigenvalue weighted by Gasteiger charge is 2.19. The molecule has 2 amide bonds. The van der Waals surface area contributed by atoms with E-state index >= 15 is 0 Å². The van der Waals surface area contributed by atoms with Crippen molar-refractivity contribution in [3.8, 4) is 0 Å². The number of rotatable bonds is 7. The number of carbonyl (C=O) groups excluding carboxylic acids is 2. The van der Waals surface area contributed by atoms with Gasteiger partial charge in [-0.15, -0.1) is 0 Å². The van der Waals surface area contributed by atoms with Crippen LogP contribution >= 0.6 is 0 Å². The van der Waals surface area contributed by atoms with Crippen LogP contribution in [0.3, 0.4) is 0 Å². The Morgan fingerprint density at radius 1 is 1.15 bits per heavy atom. The van der Waals surface area contributed by atoms with E-state index in [9.17, 15) is 9.59 Å². The summed E-state index contributed by atoms with van der Waals surface area (Å²) in [6.45, 7) is 2.48. The summed E-state index contributed by atoms with van der Waals surface area (Å²) in [7, 11) is 1.49. The van der Waals surface area contributed by atoms with Crippen molar-refractivity contribution >= 4 is 22.8 Å². The van der Waals surface area contributed by atoms with E-state index < -0.39 is 0 Å². The molecule has 27 heavy (non-hydrogen) atoms. The van der Waals surface area contributed by atoms with Crippen LogP contribution in [0, 0.1) is 0 Å². The zero-order valence-corrected chi connectivity index (χ0v) is 15.9. The van der Waals surface area contributed by atoms with Crippen molar-refractivity contribution in [2.45, 2.75) is 38.6 Å². The second-order valence-electron chi connectivity index (χ2n) is 6.93. The van der Waals surface area contributed by atoms with Crippen LogP contribution < -0.4 is 5.32 Å². The third-order valence-corrected chi connectivity index (χ3v) is 4.93. The maximum atomic E-state index is 12.9. The average molecular weight is 372 g/mol. The van der Waals surface area contributed by atoms with Crippen molar-refractivity contribution in [2.24, 2.45) is 0 Å². The van der Waals surface area contributed by atoms with Gasteiger partial charge < -0.3 is 19.5 Å². The van der Waals surface area contributed by atoms with Gasteiger partial charge in [0.25, 0.3) is 0 Å². The van der Waals surface area contributed by atoms with Gasteiger partial charge in [-0.1, -0.05) is 25.0 Å². The first-order valence-corrected chi connectivity index (χ1v) is 9.66. The average Bonchev–Trinajstić information content (AvgIpc) is 2.84. The summed E-state index contributed by atoms with van der Waals surface area (Å²) >= 11 is 0. The molecule has 0 atom stereocenters. The fourth-order valence-corrected chi connectivity index (χ4v) is 3.54. The fourth-order valence-electron chi connectivity index (χ4n) is 3.54. The molecule has 0 bridgehead atoms. The van der Waals surface area contributed by atoms with Gasteiger partial charge in [-0.2, -0.15) is 0 Å². The van der Waals surface area contributed by atoms with Gasteiger partial charge in [0.05, 0.1) is 11.0 Å². The van der Waals surface area contributed by atoms with Crippen LogP contribution in [0.2, 0.25) is 0 Å². The first kappa shape index (κ1) is 19.4. The van der Waals surface area contributed by atoms with Crippen LogP contribution in [0.4, 0.5) is 0 Å². The molecule has 1 aromatic carbocycles. The summed E-state index contributed by atoms with van der Waals surface area (Å²) in [5, 5.41) is 2.82. The van der Waals surface area contributed by atoms with Gasteiger partial charge in [0.2, 0.25) is 11.8 Å². The van der Waals surface area contributed by atoms with Crippen LogP contribution in [0.5, 0.6) is 0 Å². The van der Waals surface area contributed by atoms with Gasteiger partial charge in [-0.3, -0.25) is 9.59 Å². The Labute approximate surface area is 159 Å². The molecule has 3 rings (SSSR count). The Morgan fingerprint density at radius 2 is 1.89 bits per heavy atom. The van der Waals surface area contributed by atoms with Gasteiger partial charge in [0, 0.05) is 33.2 Å². The standard InChI is InChI=1S/C20H28N4O3/c1-27-15-19(25)21-11-10-18-22-16-8-4-5-9-17(16)24(18)14-20(26)23-12-6-2-3-7-13-23/h4-5,8-9H,2-3,6-7,10-15H2,1H3,(H,21,25). The highest BCUT2D eigenvalue weighted by Crippen LogP contribution is 2.18. The number of nitrogens with zero attached hydrogens (tertiary/aromatic N) is 3. The summed E-state index contributed by atoms with van der Waals surface area (Å²) in [5.74, 6) is 0.808. The number of aromatic nitrogens is 2. The molecule has 1 N–H and O–H groups in total. The van der Waals surface area contributed by atoms with E-state index in [0.717, 1.165) is 42.8 Å².